The summed E-state index contributed by atoms with van der Waals surface area (Å²) in [5, 5.41) is 3.14. The van der Waals surface area contributed by atoms with Crippen molar-refractivity contribution in [2.24, 2.45) is 11.8 Å². The van der Waals surface area contributed by atoms with Crippen LogP contribution < -0.4 is 4.90 Å². The SMILES string of the molecule is CC(C)Cc1sc(N2CCCC(C(=O)OI)C2)nc1-c1cccs1. The van der Waals surface area contributed by atoms with Crippen molar-refractivity contribution in [1.29, 1.82) is 0 Å². The number of nitrogens with zero attached hydrogens (tertiary/aromatic N) is 2. The number of halogens is 1. The fourth-order valence-electron chi connectivity index (χ4n) is 3.00. The van der Waals surface area contributed by atoms with Gasteiger partial charge in [0.15, 0.2) is 28.1 Å². The first kappa shape index (κ1) is 18.1. The normalized spacial score (nSPS) is 18.2. The van der Waals surface area contributed by atoms with Crippen LogP contribution in [0.2, 0.25) is 0 Å². The molecule has 3 heterocycles. The minimum Gasteiger partial charge on any atom is -0.394 e. The molecule has 7 heteroatoms. The van der Waals surface area contributed by atoms with E-state index in [2.05, 4.69) is 36.3 Å². The monoisotopic (exact) mass is 476 g/mol. The summed E-state index contributed by atoms with van der Waals surface area (Å²) >= 11 is 5.21. The fraction of sp³-hybridized carbons (Fsp3) is 0.529. The lowest BCUT2D eigenvalue weighted by atomic mass is 9.99. The summed E-state index contributed by atoms with van der Waals surface area (Å²) in [4.78, 5) is 21.7. The highest BCUT2D eigenvalue weighted by Gasteiger charge is 2.29. The second-order valence-corrected chi connectivity index (χ2v) is 8.98. The van der Waals surface area contributed by atoms with E-state index in [0.717, 1.165) is 36.6 Å². The Labute approximate surface area is 164 Å². The van der Waals surface area contributed by atoms with Crippen molar-refractivity contribution in [2.75, 3.05) is 18.0 Å². The zero-order valence-corrected chi connectivity index (χ0v) is 17.6. The van der Waals surface area contributed by atoms with E-state index in [9.17, 15) is 4.79 Å². The largest absolute Gasteiger partial charge is 0.394 e. The van der Waals surface area contributed by atoms with Crippen molar-refractivity contribution in [3.05, 3.63) is 22.4 Å². The first-order valence-corrected chi connectivity index (χ1v) is 10.8. The highest BCUT2D eigenvalue weighted by molar-refractivity contribution is 14.1. The summed E-state index contributed by atoms with van der Waals surface area (Å²) in [6.07, 6.45) is 2.95. The van der Waals surface area contributed by atoms with Gasteiger partial charge in [-0.05, 0) is 36.6 Å². The van der Waals surface area contributed by atoms with E-state index in [4.69, 9.17) is 8.05 Å². The topological polar surface area (TPSA) is 42.4 Å². The molecular weight excluding hydrogens is 455 g/mol. The van der Waals surface area contributed by atoms with Crippen LogP contribution >= 0.6 is 45.7 Å². The van der Waals surface area contributed by atoms with Crippen LogP contribution in [0.1, 0.15) is 31.6 Å². The lowest BCUT2D eigenvalue weighted by Crippen LogP contribution is -2.38. The zero-order valence-electron chi connectivity index (χ0n) is 13.8. The summed E-state index contributed by atoms with van der Waals surface area (Å²) in [5.74, 6) is 0.441. The van der Waals surface area contributed by atoms with Gasteiger partial charge in [-0.2, -0.15) is 0 Å². The van der Waals surface area contributed by atoms with Crippen LogP contribution in [0, 0.1) is 11.8 Å². The highest BCUT2D eigenvalue weighted by Crippen LogP contribution is 2.38. The molecule has 1 aliphatic heterocycles. The van der Waals surface area contributed by atoms with Crippen LogP contribution in [0.15, 0.2) is 17.5 Å². The van der Waals surface area contributed by atoms with E-state index >= 15 is 0 Å². The smallest absolute Gasteiger partial charge is 0.320 e. The first-order valence-electron chi connectivity index (χ1n) is 8.19. The predicted octanol–water partition coefficient (Wildman–Crippen LogP) is 5.18. The van der Waals surface area contributed by atoms with Gasteiger partial charge in [-0.1, -0.05) is 19.9 Å². The van der Waals surface area contributed by atoms with Gasteiger partial charge in [0, 0.05) is 18.0 Å². The van der Waals surface area contributed by atoms with E-state index in [1.807, 2.05) is 0 Å². The Bertz CT molecular complexity index is 685. The van der Waals surface area contributed by atoms with Crippen LogP contribution in [0.3, 0.4) is 0 Å². The van der Waals surface area contributed by atoms with Gasteiger partial charge in [0.1, 0.15) is 0 Å². The average molecular weight is 476 g/mol. The lowest BCUT2D eigenvalue weighted by Gasteiger charge is -2.30. The van der Waals surface area contributed by atoms with Crippen LogP contribution in [0.25, 0.3) is 10.6 Å². The number of thiophene rings is 1. The van der Waals surface area contributed by atoms with Gasteiger partial charge in [0.2, 0.25) is 0 Å². The number of thiazole rings is 1. The van der Waals surface area contributed by atoms with Crippen molar-refractivity contribution < 1.29 is 7.86 Å². The van der Waals surface area contributed by atoms with Crippen molar-refractivity contribution in [2.45, 2.75) is 33.1 Å². The molecule has 0 bridgehead atoms. The second-order valence-electron chi connectivity index (χ2n) is 6.52. The predicted molar refractivity (Wildman–Crippen MR) is 109 cm³/mol. The number of rotatable bonds is 5. The summed E-state index contributed by atoms with van der Waals surface area (Å²) in [7, 11) is 0. The molecule has 2 aromatic heterocycles. The van der Waals surface area contributed by atoms with E-state index in [-0.39, 0.29) is 11.9 Å². The minimum absolute atomic E-state index is 0.0433. The third-order valence-corrected chi connectivity index (χ3v) is 6.58. The van der Waals surface area contributed by atoms with Gasteiger partial charge >= 0.3 is 5.97 Å². The van der Waals surface area contributed by atoms with E-state index in [1.54, 1.807) is 45.7 Å². The van der Waals surface area contributed by atoms with Gasteiger partial charge in [-0.3, -0.25) is 4.79 Å². The molecule has 1 fully saturated rings. The van der Waals surface area contributed by atoms with Gasteiger partial charge < -0.3 is 7.97 Å². The van der Waals surface area contributed by atoms with Gasteiger partial charge in [0.25, 0.3) is 0 Å². The maximum Gasteiger partial charge on any atom is 0.320 e. The van der Waals surface area contributed by atoms with E-state index in [0.29, 0.717) is 12.5 Å². The van der Waals surface area contributed by atoms with Crippen LogP contribution in [0.5, 0.6) is 0 Å². The molecule has 1 atom stereocenters. The molecule has 0 saturated carbocycles. The summed E-state index contributed by atoms with van der Waals surface area (Å²) < 4.78 is 4.90. The number of anilines is 1. The molecular formula is C17H21IN2O2S2. The van der Waals surface area contributed by atoms with Gasteiger partial charge in [0.05, 0.1) is 16.5 Å². The first-order chi connectivity index (χ1) is 11.6. The average Bonchev–Trinajstić information content (AvgIpc) is 3.23. The minimum atomic E-state index is -0.113. The molecule has 130 valence electrons. The van der Waals surface area contributed by atoms with Crippen molar-refractivity contribution in [3.63, 3.8) is 0 Å². The third-order valence-electron chi connectivity index (χ3n) is 4.14. The molecule has 0 N–H and O–H groups in total. The zero-order chi connectivity index (χ0) is 17.1. The lowest BCUT2D eigenvalue weighted by molar-refractivity contribution is -0.136. The quantitative estimate of drug-likeness (QED) is 0.558. The standard InChI is InChI=1S/C17H21IN2O2S2/c1-11(2)9-14-15(13-6-4-8-23-13)19-17(24-14)20-7-3-5-12(10-20)16(21)22-18/h4,6,8,11-12H,3,5,7,9-10H2,1-2H3. The molecule has 0 amide bonds. The number of carbonyl (C=O) groups excluding carboxylic acids is 1. The molecule has 2 aromatic rings. The Hall–Kier alpha value is -0.670. The van der Waals surface area contributed by atoms with Crippen LogP contribution in [0.4, 0.5) is 5.13 Å². The Morgan fingerprint density at radius 1 is 1.54 bits per heavy atom. The van der Waals surface area contributed by atoms with Gasteiger partial charge in [-0.25, -0.2) is 4.98 Å². The molecule has 0 radical (unpaired) electrons. The summed E-state index contributed by atoms with van der Waals surface area (Å²) in [5.41, 5.74) is 1.12. The number of hydrogen-bond acceptors (Lipinski definition) is 6. The van der Waals surface area contributed by atoms with Crippen molar-refractivity contribution >= 4 is 56.8 Å². The number of hydrogen-bond donors (Lipinski definition) is 0. The Balaban J connectivity index is 1.86. The van der Waals surface area contributed by atoms with Gasteiger partial charge in [-0.15, -0.1) is 22.7 Å². The molecule has 24 heavy (non-hydrogen) atoms. The fourth-order valence-corrected chi connectivity index (χ4v) is 5.48. The molecule has 1 aliphatic rings. The Morgan fingerprint density at radius 3 is 3.04 bits per heavy atom. The van der Waals surface area contributed by atoms with E-state index in [1.165, 1.54) is 9.75 Å². The molecule has 0 aliphatic carbocycles. The molecule has 4 nitrogen and oxygen atoms in total. The molecule has 0 spiro atoms. The van der Waals surface area contributed by atoms with Crippen molar-refractivity contribution in [1.82, 2.24) is 4.98 Å². The third kappa shape index (κ3) is 4.11. The number of aromatic nitrogens is 1. The number of carbonyl (C=O) groups is 1. The van der Waals surface area contributed by atoms with E-state index < -0.39 is 0 Å². The summed E-state index contributed by atoms with van der Waals surface area (Å²) in [6.45, 7) is 6.15. The van der Waals surface area contributed by atoms with Crippen molar-refractivity contribution in [3.8, 4) is 10.6 Å². The second kappa shape index (κ2) is 8.14. The molecule has 0 aromatic carbocycles. The summed E-state index contributed by atoms with van der Waals surface area (Å²) in [6, 6.07) is 4.21. The van der Waals surface area contributed by atoms with Crippen LogP contribution in [-0.2, 0) is 14.3 Å². The molecule has 1 unspecified atom stereocenters. The molecule has 3 rings (SSSR count). The highest BCUT2D eigenvalue weighted by atomic mass is 127. The number of piperidine rings is 1. The van der Waals surface area contributed by atoms with Crippen LogP contribution in [-0.4, -0.2) is 24.0 Å². The maximum atomic E-state index is 11.9. The Morgan fingerprint density at radius 2 is 2.38 bits per heavy atom. The Kier molecular flexibility index (Phi) is 6.15. The maximum absolute atomic E-state index is 11.9. The molecule has 1 saturated heterocycles.